The molecule has 14 heavy (non-hydrogen) atoms. The van der Waals surface area contributed by atoms with Gasteiger partial charge >= 0.3 is 0 Å². The van der Waals surface area contributed by atoms with Gasteiger partial charge in [-0.2, -0.15) is 0 Å². The second-order valence-electron chi connectivity index (χ2n) is 5.86. The lowest BCUT2D eigenvalue weighted by molar-refractivity contribution is -0.122. The lowest BCUT2D eigenvalue weighted by Gasteiger charge is -2.38. The quantitative estimate of drug-likeness (QED) is 0.634. The second kappa shape index (κ2) is 2.52. The minimum absolute atomic E-state index is 0.0267. The van der Waals surface area contributed by atoms with E-state index in [-0.39, 0.29) is 11.3 Å². The summed E-state index contributed by atoms with van der Waals surface area (Å²) in [5, 5.41) is 3.56. The topological polar surface area (TPSA) is 30.5 Å². The first-order valence-corrected chi connectivity index (χ1v) is 5.56. The molecule has 1 N–H and O–H groups in total. The van der Waals surface area contributed by atoms with Crippen LogP contribution >= 0.6 is 0 Å². The maximum atomic E-state index is 6.00. The van der Waals surface area contributed by atoms with E-state index in [9.17, 15) is 0 Å². The van der Waals surface area contributed by atoms with Crippen LogP contribution in [-0.4, -0.2) is 31.1 Å². The lowest BCUT2D eigenvalue weighted by atomic mass is 9.96. The molecule has 1 aliphatic carbocycles. The van der Waals surface area contributed by atoms with Crippen molar-refractivity contribution in [2.24, 2.45) is 5.41 Å². The van der Waals surface area contributed by atoms with E-state index in [2.05, 4.69) is 19.2 Å². The number of hydrogen-bond donors (Lipinski definition) is 1. The maximum Gasteiger partial charge on any atom is 0.145 e. The number of rotatable bonds is 0. The van der Waals surface area contributed by atoms with Gasteiger partial charge in [-0.3, -0.25) is 5.32 Å². The van der Waals surface area contributed by atoms with Crippen LogP contribution in [0, 0.1) is 5.41 Å². The van der Waals surface area contributed by atoms with Crippen LogP contribution in [0.1, 0.15) is 33.1 Å². The molecule has 0 aromatic rings. The summed E-state index contributed by atoms with van der Waals surface area (Å²) >= 11 is 0. The van der Waals surface area contributed by atoms with Gasteiger partial charge in [-0.25, -0.2) is 0 Å². The summed E-state index contributed by atoms with van der Waals surface area (Å²) in [5.74, 6) is 0. The van der Waals surface area contributed by atoms with Crippen molar-refractivity contribution >= 4 is 0 Å². The van der Waals surface area contributed by atoms with E-state index < -0.39 is 0 Å². The van der Waals surface area contributed by atoms with Crippen LogP contribution in [0.15, 0.2) is 0 Å². The summed E-state index contributed by atoms with van der Waals surface area (Å²) in [6, 6.07) is 0. The van der Waals surface area contributed by atoms with Crippen LogP contribution in [-0.2, 0) is 9.47 Å². The van der Waals surface area contributed by atoms with E-state index in [1.54, 1.807) is 0 Å². The van der Waals surface area contributed by atoms with E-state index in [0.29, 0.717) is 12.0 Å². The normalized spacial score (nSPS) is 43.3. The summed E-state index contributed by atoms with van der Waals surface area (Å²) in [7, 11) is 0. The predicted octanol–water partition coefficient (Wildman–Crippen LogP) is 1.28. The zero-order valence-corrected chi connectivity index (χ0v) is 9.06. The molecular weight excluding hydrogens is 178 g/mol. The molecule has 0 bridgehead atoms. The Balaban J connectivity index is 1.69. The molecule has 2 spiro atoms. The molecule has 1 saturated carbocycles. The zero-order valence-electron chi connectivity index (χ0n) is 9.06. The average molecular weight is 197 g/mol. The van der Waals surface area contributed by atoms with Crippen LogP contribution in [0.2, 0.25) is 0 Å². The van der Waals surface area contributed by atoms with Crippen molar-refractivity contribution in [3.8, 4) is 0 Å². The van der Waals surface area contributed by atoms with Crippen LogP contribution in [0.4, 0.5) is 0 Å². The molecule has 2 aliphatic heterocycles. The van der Waals surface area contributed by atoms with Gasteiger partial charge < -0.3 is 9.47 Å². The molecule has 0 amide bonds. The minimum Gasteiger partial charge on any atom is -0.371 e. The minimum atomic E-state index is -0.169. The Bertz CT molecular complexity index is 248. The number of ether oxygens (including phenoxy) is 2. The molecule has 0 aromatic carbocycles. The number of nitrogens with one attached hydrogen (secondary N) is 1. The largest absolute Gasteiger partial charge is 0.371 e. The molecule has 0 aromatic heterocycles. The summed E-state index contributed by atoms with van der Waals surface area (Å²) in [4.78, 5) is 0. The fourth-order valence-electron chi connectivity index (χ4n) is 2.55. The van der Waals surface area contributed by atoms with Gasteiger partial charge in [0.2, 0.25) is 0 Å². The SMILES string of the molecule is CC1(C)CC2(CO1)NCC1(CC1)CO2. The Labute approximate surface area is 85.1 Å². The molecule has 0 radical (unpaired) electrons. The van der Waals surface area contributed by atoms with Gasteiger partial charge in [0.25, 0.3) is 0 Å². The Morgan fingerprint density at radius 1 is 1.07 bits per heavy atom. The maximum absolute atomic E-state index is 6.00. The standard InChI is InChI=1S/C11H19NO2/c1-9(2)5-11(8-13-9)12-6-10(3-4-10)7-14-11/h12H,3-8H2,1-2H3. The van der Waals surface area contributed by atoms with Gasteiger partial charge in [0.1, 0.15) is 5.72 Å². The first-order valence-electron chi connectivity index (χ1n) is 5.56. The highest BCUT2D eigenvalue weighted by Crippen LogP contribution is 2.49. The first-order chi connectivity index (χ1) is 6.54. The molecular formula is C11H19NO2. The molecule has 80 valence electrons. The Kier molecular flexibility index (Phi) is 1.64. The summed E-state index contributed by atoms with van der Waals surface area (Å²) in [5.41, 5.74) is 0.302. The van der Waals surface area contributed by atoms with Crippen molar-refractivity contribution in [1.82, 2.24) is 5.32 Å². The highest BCUT2D eigenvalue weighted by Gasteiger charge is 2.54. The molecule has 3 aliphatic rings. The molecule has 1 unspecified atom stereocenters. The van der Waals surface area contributed by atoms with Crippen molar-refractivity contribution in [1.29, 1.82) is 0 Å². The van der Waals surface area contributed by atoms with Crippen molar-refractivity contribution in [2.75, 3.05) is 19.8 Å². The van der Waals surface area contributed by atoms with Crippen molar-refractivity contribution < 1.29 is 9.47 Å². The summed E-state index contributed by atoms with van der Waals surface area (Å²) in [6.45, 7) is 7.02. The Morgan fingerprint density at radius 2 is 1.86 bits per heavy atom. The fourth-order valence-corrected chi connectivity index (χ4v) is 2.55. The first kappa shape index (κ1) is 9.13. The molecule has 1 atom stereocenters. The van der Waals surface area contributed by atoms with Gasteiger partial charge in [-0.05, 0) is 26.7 Å². The third-order valence-electron chi connectivity index (χ3n) is 3.80. The van der Waals surface area contributed by atoms with E-state index >= 15 is 0 Å². The average Bonchev–Trinajstić information content (AvgIpc) is 2.82. The van der Waals surface area contributed by atoms with Gasteiger partial charge in [0, 0.05) is 18.4 Å². The molecule has 3 nitrogen and oxygen atoms in total. The van der Waals surface area contributed by atoms with E-state index in [4.69, 9.17) is 9.47 Å². The van der Waals surface area contributed by atoms with Crippen molar-refractivity contribution in [2.45, 2.75) is 44.4 Å². The second-order valence-corrected chi connectivity index (χ2v) is 5.86. The van der Waals surface area contributed by atoms with Crippen LogP contribution < -0.4 is 5.32 Å². The van der Waals surface area contributed by atoms with Gasteiger partial charge in [-0.1, -0.05) is 0 Å². The van der Waals surface area contributed by atoms with Gasteiger partial charge in [0.15, 0.2) is 0 Å². The predicted molar refractivity (Wildman–Crippen MR) is 53.0 cm³/mol. The van der Waals surface area contributed by atoms with Crippen molar-refractivity contribution in [3.63, 3.8) is 0 Å². The van der Waals surface area contributed by atoms with E-state index in [0.717, 1.165) is 19.6 Å². The highest BCUT2D eigenvalue weighted by atomic mass is 16.6. The molecule has 3 rings (SSSR count). The van der Waals surface area contributed by atoms with Gasteiger partial charge in [-0.15, -0.1) is 0 Å². The monoisotopic (exact) mass is 197 g/mol. The van der Waals surface area contributed by atoms with Crippen LogP contribution in [0.5, 0.6) is 0 Å². The number of hydrogen-bond acceptors (Lipinski definition) is 3. The summed E-state index contributed by atoms with van der Waals surface area (Å²) in [6.07, 6.45) is 3.64. The molecule has 3 fully saturated rings. The van der Waals surface area contributed by atoms with E-state index in [1.807, 2.05) is 0 Å². The van der Waals surface area contributed by atoms with E-state index in [1.165, 1.54) is 12.8 Å². The lowest BCUT2D eigenvalue weighted by Crippen LogP contribution is -2.56. The van der Waals surface area contributed by atoms with Crippen LogP contribution in [0.25, 0.3) is 0 Å². The zero-order chi connectivity index (χ0) is 9.86. The molecule has 3 heteroatoms. The summed E-state index contributed by atoms with van der Waals surface area (Å²) < 4.78 is 11.7. The van der Waals surface area contributed by atoms with Gasteiger partial charge in [0.05, 0.1) is 18.8 Å². The Morgan fingerprint density at radius 3 is 2.29 bits per heavy atom. The molecule has 2 saturated heterocycles. The molecule has 2 heterocycles. The smallest absolute Gasteiger partial charge is 0.145 e. The van der Waals surface area contributed by atoms with Crippen LogP contribution in [0.3, 0.4) is 0 Å². The Hall–Kier alpha value is -0.120. The van der Waals surface area contributed by atoms with Crippen molar-refractivity contribution in [3.05, 3.63) is 0 Å². The third-order valence-corrected chi connectivity index (χ3v) is 3.80. The highest BCUT2D eigenvalue weighted by molar-refractivity contribution is 5.03. The third kappa shape index (κ3) is 1.38. The fraction of sp³-hybridized carbons (Fsp3) is 1.00.